The van der Waals surface area contributed by atoms with Crippen molar-refractivity contribution in [2.45, 2.75) is 25.2 Å². The Morgan fingerprint density at radius 1 is 1.00 bits per heavy atom. The van der Waals surface area contributed by atoms with Crippen LogP contribution in [0.15, 0.2) is 80.8 Å². The lowest BCUT2D eigenvalue weighted by Crippen LogP contribution is -2.27. The molecule has 3 aromatic carbocycles. The summed E-state index contributed by atoms with van der Waals surface area (Å²) >= 11 is 0. The van der Waals surface area contributed by atoms with Crippen LogP contribution in [0.5, 0.6) is 5.75 Å². The van der Waals surface area contributed by atoms with Gasteiger partial charge in [-0.3, -0.25) is 9.59 Å². The number of carbonyl (C=O) groups is 1. The number of esters is 1. The van der Waals surface area contributed by atoms with Gasteiger partial charge in [-0.15, -0.1) is 0 Å². The summed E-state index contributed by atoms with van der Waals surface area (Å²) in [5, 5.41) is 0.278. The molecule has 4 rings (SSSR count). The average molecular weight is 496 g/mol. The van der Waals surface area contributed by atoms with E-state index in [4.69, 9.17) is 9.15 Å². The van der Waals surface area contributed by atoms with Crippen molar-refractivity contribution in [2.24, 2.45) is 0 Å². The molecule has 0 fully saturated rings. The van der Waals surface area contributed by atoms with Crippen LogP contribution in [0.2, 0.25) is 0 Å². The van der Waals surface area contributed by atoms with E-state index in [1.165, 1.54) is 54.6 Å². The van der Waals surface area contributed by atoms with E-state index in [9.17, 15) is 22.4 Å². The molecule has 0 saturated heterocycles. The van der Waals surface area contributed by atoms with Gasteiger partial charge >= 0.3 is 5.97 Å². The number of nitrogens with one attached hydrogen (secondary N) is 1. The highest BCUT2D eigenvalue weighted by Gasteiger charge is 2.17. The first-order valence-electron chi connectivity index (χ1n) is 10.7. The summed E-state index contributed by atoms with van der Waals surface area (Å²) in [5.41, 5.74) is 1.72. The summed E-state index contributed by atoms with van der Waals surface area (Å²) < 4.78 is 51.3. The van der Waals surface area contributed by atoms with Gasteiger partial charge in [0.2, 0.25) is 15.5 Å². The highest BCUT2D eigenvalue weighted by Crippen LogP contribution is 2.26. The molecule has 0 bridgehead atoms. The first kappa shape index (κ1) is 24.3. The van der Waals surface area contributed by atoms with Crippen LogP contribution in [0.25, 0.3) is 22.1 Å². The topological polar surface area (TPSA) is 103 Å². The molecule has 0 unspecified atom stereocenters. The predicted octanol–water partition coefficient (Wildman–Crippen LogP) is 4.49. The Morgan fingerprint density at radius 3 is 2.37 bits per heavy atom. The molecular weight excluding hydrogens is 473 g/mol. The molecule has 9 heteroatoms. The average Bonchev–Trinajstić information content (AvgIpc) is 2.80. The first-order chi connectivity index (χ1) is 16.6. The normalized spacial score (nSPS) is 11.5. The number of halogens is 1. The molecule has 0 aliphatic rings. The van der Waals surface area contributed by atoms with Crippen molar-refractivity contribution in [3.63, 3.8) is 0 Å². The van der Waals surface area contributed by atoms with Crippen molar-refractivity contribution in [1.82, 2.24) is 4.72 Å². The number of carbonyl (C=O) groups excluding carboxylic acids is 1. The number of benzene rings is 3. The second kappa shape index (κ2) is 9.81. The lowest BCUT2D eigenvalue weighted by molar-refractivity contribution is -0.134. The first-order valence-corrected chi connectivity index (χ1v) is 12.2. The van der Waals surface area contributed by atoms with E-state index in [1.807, 2.05) is 6.92 Å². The summed E-state index contributed by atoms with van der Waals surface area (Å²) in [6.07, 6.45) is -0.199. The van der Waals surface area contributed by atoms with Crippen LogP contribution in [0.1, 0.15) is 17.7 Å². The summed E-state index contributed by atoms with van der Waals surface area (Å²) in [5.74, 6) is -0.576. The van der Waals surface area contributed by atoms with E-state index >= 15 is 0 Å². The van der Waals surface area contributed by atoms with Gasteiger partial charge in [0, 0.05) is 12.6 Å². The molecule has 0 radical (unpaired) electrons. The monoisotopic (exact) mass is 495 g/mol. The number of fused-ring (bicyclic) bond motifs is 1. The van der Waals surface area contributed by atoms with Crippen molar-refractivity contribution in [3.05, 3.63) is 94.1 Å². The maximum Gasteiger partial charge on any atom is 0.312 e. The van der Waals surface area contributed by atoms with E-state index < -0.39 is 21.8 Å². The molecule has 0 aliphatic heterocycles. The maximum atomic E-state index is 13.3. The zero-order valence-corrected chi connectivity index (χ0v) is 19.8. The van der Waals surface area contributed by atoms with Gasteiger partial charge in [-0.25, -0.2) is 17.5 Å². The molecule has 0 saturated carbocycles. The van der Waals surface area contributed by atoms with E-state index in [2.05, 4.69) is 4.72 Å². The molecule has 35 heavy (non-hydrogen) atoms. The minimum absolute atomic E-state index is 0.108. The number of sulfonamides is 1. The standard InChI is InChI=1S/C26H22FNO6S/c1-16-3-10-21(11-4-16)35(31,32)28-14-13-24(29)34-20-9-12-22-23(15-20)33-17(2)25(26(22)30)18-5-7-19(27)8-6-18/h3-12,15,28H,13-14H2,1-2H3. The van der Waals surface area contributed by atoms with Crippen LogP contribution in [0.4, 0.5) is 4.39 Å². The number of hydrogen-bond acceptors (Lipinski definition) is 6. The SMILES string of the molecule is Cc1ccc(S(=O)(=O)NCCC(=O)Oc2ccc3c(=O)c(-c4ccc(F)cc4)c(C)oc3c2)cc1. The van der Waals surface area contributed by atoms with Gasteiger partial charge in [0.25, 0.3) is 0 Å². The maximum absolute atomic E-state index is 13.3. The molecule has 7 nitrogen and oxygen atoms in total. The lowest BCUT2D eigenvalue weighted by atomic mass is 10.0. The summed E-state index contributed by atoms with van der Waals surface area (Å²) in [6, 6.07) is 16.2. The summed E-state index contributed by atoms with van der Waals surface area (Å²) in [7, 11) is -3.74. The Labute approximate surface area is 201 Å². The Bertz CT molecular complexity index is 1560. The highest BCUT2D eigenvalue weighted by atomic mass is 32.2. The van der Waals surface area contributed by atoms with E-state index in [-0.39, 0.29) is 40.0 Å². The summed E-state index contributed by atoms with van der Waals surface area (Å²) in [6.45, 7) is 3.33. The third-order valence-corrected chi connectivity index (χ3v) is 6.83. The smallest absolute Gasteiger partial charge is 0.312 e. The van der Waals surface area contributed by atoms with E-state index in [0.29, 0.717) is 16.9 Å². The van der Waals surface area contributed by atoms with Crippen LogP contribution in [0.3, 0.4) is 0 Å². The van der Waals surface area contributed by atoms with Crippen molar-refractivity contribution in [2.75, 3.05) is 6.54 Å². The third-order valence-electron chi connectivity index (χ3n) is 5.36. The Hall–Kier alpha value is -3.82. The number of hydrogen-bond donors (Lipinski definition) is 1. The minimum Gasteiger partial charge on any atom is -0.460 e. The number of rotatable bonds is 7. The fourth-order valence-corrected chi connectivity index (χ4v) is 4.60. The van der Waals surface area contributed by atoms with Gasteiger partial charge in [0.05, 0.1) is 22.3 Å². The molecule has 1 aromatic heterocycles. The molecule has 0 amide bonds. The van der Waals surface area contributed by atoms with Crippen molar-refractivity contribution >= 4 is 27.0 Å². The van der Waals surface area contributed by atoms with Crippen LogP contribution in [-0.2, 0) is 14.8 Å². The van der Waals surface area contributed by atoms with Gasteiger partial charge in [-0.1, -0.05) is 29.8 Å². The third kappa shape index (κ3) is 5.47. The second-order valence-corrected chi connectivity index (χ2v) is 9.73. The summed E-state index contributed by atoms with van der Waals surface area (Å²) in [4.78, 5) is 25.4. The molecule has 1 heterocycles. The van der Waals surface area contributed by atoms with Gasteiger partial charge in [-0.05, 0) is 55.8 Å². The highest BCUT2D eigenvalue weighted by molar-refractivity contribution is 7.89. The predicted molar refractivity (Wildman–Crippen MR) is 129 cm³/mol. The Morgan fingerprint density at radius 2 is 1.69 bits per heavy atom. The van der Waals surface area contributed by atoms with Gasteiger partial charge < -0.3 is 9.15 Å². The van der Waals surface area contributed by atoms with E-state index in [1.54, 1.807) is 19.1 Å². The molecule has 0 aliphatic carbocycles. The molecule has 180 valence electrons. The van der Waals surface area contributed by atoms with Gasteiger partial charge in [0.15, 0.2) is 0 Å². The van der Waals surface area contributed by atoms with E-state index in [0.717, 1.165) is 5.56 Å². The van der Waals surface area contributed by atoms with Crippen LogP contribution < -0.4 is 14.9 Å². The van der Waals surface area contributed by atoms with Crippen molar-refractivity contribution in [3.8, 4) is 16.9 Å². The molecule has 4 aromatic rings. The molecular formula is C26H22FNO6S. The largest absolute Gasteiger partial charge is 0.460 e. The van der Waals surface area contributed by atoms with Crippen LogP contribution in [0, 0.1) is 19.7 Å². The van der Waals surface area contributed by atoms with Crippen LogP contribution >= 0.6 is 0 Å². The quantitative estimate of drug-likeness (QED) is 0.299. The molecule has 1 N–H and O–H groups in total. The Kier molecular flexibility index (Phi) is 6.81. The zero-order valence-electron chi connectivity index (χ0n) is 19.0. The van der Waals surface area contributed by atoms with Crippen molar-refractivity contribution < 1.29 is 26.8 Å². The molecule has 0 spiro atoms. The number of aryl methyl sites for hydroxylation is 2. The lowest BCUT2D eigenvalue weighted by Gasteiger charge is -2.09. The van der Waals surface area contributed by atoms with Gasteiger partial charge in [-0.2, -0.15) is 0 Å². The second-order valence-electron chi connectivity index (χ2n) is 7.96. The van der Waals surface area contributed by atoms with Gasteiger partial charge in [0.1, 0.15) is 22.9 Å². The fraction of sp³-hybridized carbons (Fsp3) is 0.154. The zero-order chi connectivity index (χ0) is 25.2. The number of ether oxygens (including phenoxy) is 1. The minimum atomic E-state index is -3.74. The Balaban J connectivity index is 1.45. The van der Waals surface area contributed by atoms with Crippen molar-refractivity contribution in [1.29, 1.82) is 0 Å². The fourth-order valence-electron chi connectivity index (χ4n) is 3.57. The molecule has 0 atom stereocenters. The van der Waals surface area contributed by atoms with Crippen LogP contribution in [-0.4, -0.2) is 20.9 Å².